The second kappa shape index (κ2) is 9.57. The first-order chi connectivity index (χ1) is 14.7. The van der Waals surface area contributed by atoms with Crippen molar-refractivity contribution >= 4 is 27.0 Å². The van der Waals surface area contributed by atoms with Gasteiger partial charge in [0.15, 0.2) is 0 Å². The Kier molecular flexibility index (Phi) is 7.07. The van der Waals surface area contributed by atoms with Crippen molar-refractivity contribution in [2.24, 2.45) is 5.92 Å². The lowest BCUT2D eigenvalue weighted by Crippen LogP contribution is -2.46. The largest absolute Gasteiger partial charge is 0.480 e. The molecule has 2 N–H and O–H groups in total. The lowest BCUT2D eigenvalue weighted by molar-refractivity contribution is -0.142. The first-order valence-electron chi connectivity index (χ1n) is 10.3. The molecule has 1 aromatic carbocycles. The van der Waals surface area contributed by atoms with Gasteiger partial charge in [-0.15, -0.1) is 0 Å². The number of fused-ring (bicyclic) bond motifs is 1. The number of benzene rings is 1. The molecule has 0 aliphatic rings. The van der Waals surface area contributed by atoms with Gasteiger partial charge in [0.1, 0.15) is 6.04 Å². The van der Waals surface area contributed by atoms with Crippen molar-refractivity contribution in [1.82, 2.24) is 19.3 Å². The average molecular weight is 445 g/mol. The predicted octanol–water partition coefficient (Wildman–Crippen LogP) is 3.45. The third-order valence-corrected chi connectivity index (χ3v) is 7.02. The van der Waals surface area contributed by atoms with Crippen molar-refractivity contribution in [2.75, 3.05) is 6.54 Å². The second-order valence-corrected chi connectivity index (χ2v) is 9.86. The molecule has 0 saturated heterocycles. The Hall–Kier alpha value is -2.78. The van der Waals surface area contributed by atoms with E-state index in [4.69, 9.17) is 0 Å². The van der Waals surface area contributed by atoms with Crippen LogP contribution in [0, 0.1) is 5.92 Å². The van der Waals surface area contributed by atoms with E-state index in [1.807, 2.05) is 26.8 Å². The summed E-state index contributed by atoms with van der Waals surface area (Å²) < 4.78 is 27.7. The molecular weight excluding hydrogens is 416 g/mol. The van der Waals surface area contributed by atoms with Gasteiger partial charge in [-0.2, -0.15) is 4.31 Å². The van der Waals surface area contributed by atoms with Gasteiger partial charge in [0.05, 0.1) is 28.0 Å². The van der Waals surface area contributed by atoms with Crippen molar-refractivity contribution in [3.05, 3.63) is 54.1 Å². The number of carboxylic acids is 1. The molecule has 1 atom stereocenters. The van der Waals surface area contributed by atoms with E-state index < -0.39 is 22.0 Å². The van der Waals surface area contributed by atoms with Gasteiger partial charge in [0.2, 0.25) is 10.0 Å². The number of carbonyl (C=O) groups is 1. The third-order valence-electron chi connectivity index (χ3n) is 5.09. The highest BCUT2D eigenvalue weighted by Gasteiger charge is 2.35. The molecule has 31 heavy (non-hydrogen) atoms. The van der Waals surface area contributed by atoms with Crippen LogP contribution in [0.2, 0.25) is 0 Å². The van der Waals surface area contributed by atoms with Gasteiger partial charge in [0, 0.05) is 19.2 Å². The van der Waals surface area contributed by atoms with Gasteiger partial charge in [-0.25, -0.2) is 13.4 Å². The van der Waals surface area contributed by atoms with Crippen LogP contribution in [0.15, 0.2) is 47.8 Å². The first kappa shape index (κ1) is 22.9. The summed E-state index contributed by atoms with van der Waals surface area (Å²) in [5, 5.41) is 9.69. The van der Waals surface area contributed by atoms with Crippen LogP contribution in [0.1, 0.15) is 44.9 Å². The summed E-state index contributed by atoms with van der Waals surface area (Å²) in [6.07, 6.45) is 4.61. The van der Waals surface area contributed by atoms with Gasteiger partial charge in [0.25, 0.3) is 0 Å². The average Bonchev–Trinajstić information content (AvgIpc) is 3.20. The number of H-pyrrole nitrogens is 1. The van der Waals surface area contributed by atoms with Crippen molar-refractivity contribution in [2.45, 2.75) is 51.0 Å². The molecule has 0 aliphatic carbocycles. The normalized spacial score (nSPS) is 13.2. The molecule has 8 nitrogen and oxygen atoms in total. The summed E-state index contributed by atoms with van der Waals surface area (Å²) in [6, 6.07) is 7.29. The zero-order valence-electron chi connectivity index (χ0n) is 17.9. The molecule has 166 valence electrons. The first-order valence-corrected chi connectivity index (χ1v) is 11.8. The van der Waals surface area contributed by atoms with Crippen LogP contribution in [0.25, 0.3) is 11.0 Å². The molecule has 2 aromatic heterocycles. The van der Waals surface area contributed by atoms with Crippen LogP contribution in [-0.4, -0.2) is 51.3 Å². The smallest absolute Gasteiger partial charge is 0.322 e. The Balaban J connectivity index is 1.88. The Morgan fingerprint density at radius 3 is 2.48 bits per heavy atom. The summed E-state index contributed by atoms with van der Waals surface area (Å²) in [5.74, 6) is -1.07. The minimum absolute atomic E-state index is 0.0516. The number of rotatable bonds is 10. The molecule has 0 spiro atoms. The fourth-order valence-corrected chi connectivity index (χ4v) is 5.30. The molecule has 0 aliphatic heterocycles. The predicted molar refractivity (Wildman–Crippen MR) is 118 cm³/mol. The maximum atomic E-state index is 13.3. The molecule has 0 bridgehead atoms. The zero-order chi connectivity index (χ0) is 22.6. The topological polar surface area (TPSA) is 116 Å². The standard InChI is InChI=1S/C22H28N4O4S/c1-4-11-26(20(22(27)28)12-15(2)3)31(29,30)17-7-5-16(6-8-17)13-19-21-18(9-10-23-19)24-14-25-21/h5-10,14-15,20H,4,11-13H2,1-3H3,(H,24,25)(H,27,28)/t20-/m0/s1. The van der Waals surface area contributed by atoms with E-state index in [9.17, 15) is 18.3 Å². The molecular formula is C22H28N4O4S. The molecule has 2 heterocycles. The van der Waals surface area contributed by atoms with E-state index in [-0.39, 0.29) is 23.8 Å². The van der Waals surface area contributed by atoms with Crippen LogP contribution in [0.4, 0.5) is 0 Å². The molecule has 9 heteroatoms. The fraction of sp³-hybridized carbons (Fsp3) is 0.409. The van der Waals surface area contributed by atoms with E-state index in [1.165, 1.54) is 12.1 Å². The fourth-order valence-electron chi connectivity index (χ4n) is 3.62. The maximum Gasteiger partial charge on any atom is 0.322 e. The number of aromatic amines is 1. The SMILES string of the molecule is CCCN([C@@H](CC(C)C)C(=O)O)S(=O)(=O)c1ccc(Cc2nccc3nc[nH]c23)cc1. The highest BCUT2D eigenvalue weighted by atomic mass is 32.2. The molecule has 0 fully saturated rings. The monoisotopic (exact) mass is 444 g/mol. The highest BCUT2D eigenvalue weighted by molar-refractivity contribution is 7.89. The molecule has 0 radical (unpaired) electrons. The van der Waals surface area contributed by atoms with E-state index in [2.05, 4.69) is 15.0 Å². The highest BCUT2D eigenvalue weighted by Crippen LogP contribution is 2.24. The van der Waals surface area contributed by atoms with E-state index >= 15 is 0 Å². The minimum Gasteiger partial charge on any atom is -0.480 e. The number of imidazole rings is 1. The summed E-state index contributed by atoms with van der Waals surface area (Å²) in [5.41, 5.74) is 3.39. The minimum atomic E-state index is -3.95. The molecule has 0 saturated carbocycles. The lowest BCUT2D eigenvalue weighted by atomic mass is 10.0. The Labute approximate surface area is 182 Å². The number of nitrogens with zero attached hydrogens (tertiary/aromatic N) is 3. The van der Waals surface area contributed by atoms with Crippen molar-refractivity contribution in [1.29, 1.82) is 0 Å². The van der Waals surface area contributed by atoms with Crippen LogP contribution in [-0.2, 0) is 21.2 Å². The van der Waals surface area contributed by atoms with Gasteiger partial charge >= 0.3 is 5.97 Å². The van der Waals surface area contributed by atoms with E-state index in [1.54, 1.807) is 24.7 Å². The summed E-state index contributed by atoms with van der Waals surface area (Å²) in [4.78, 5) is 23.7. The van der Waals surface area contributed by atoms with Crippen LogP contribution < -0.4 is 0 Å². The lowest BCUT2D eigenvalue weighted by Gasteiger charge is -2.29. The number of pyridine rings is 1. The summed E-state index contributed by atoms with van der Waals surface area (Å²) in [7, 11) is -3.95. The summed E-state index contributed by atoms with van der Waals surface area (Å²) in [6.45, 7) is 5.76. The van der Waals surface area contributed by atoms with Crippen LogP contribution in [0.3, 0.4) is 0 Å². The molecule has 0 unspecified atom stereocenters. The van der Waals surface area contributed by atoms with Crippen molar-refractivity contribution in [3.8, 4) is 0 Å². The van der Waals surface area contributed by atoms with Gasteiger partial charge in [-0.3, -0.25) is 9.78 Å². The van der Waals surface area contributed by atoms with Gasteiger partial charge < -0.3 is 10.1 Å². The molecule has 3 aromatic rings. The number of aliphatic carboxylic acids is 1. The number of aromatic nitrogens is 3. The molecule has 0 amide bonds. The number of hydrogen-bond donors (Lipinski definition) is 2. The summed E-state index contributed by atoms with van der Waals surface area (Å²) >= 11 is 0. The molecule has 3 rings (SSSR count). The number of nitrogens with one attached hydrogen (secondary N) is 1. The van der Waals surface area contributed by atoms with Crippen molar-refractivity contribution < 1.29 is 18.3 Å². The number of sulfonamides is 1. The van der Waals surface area contributed by atoms with Gasteiger partial charge in [-0.05, 0) is 42.5 Å². The van der Waals surface area contributed by atoms with Gasteiger partial charge in [-0.1, -0.05) is 32.9 Å². The van der Waals surface area contributed by atoms with Crippen LogP contribution in [0.5, 0.6) is 0 Å². The zero-order valence-corrected chi connectivity index (χ0v) is 18.8. The number of carboxylic acid groups (broad SMARTS) is 1. The van der Waals surface area contributed by atoms with E-state index in [0.717, 1.165) is 26.6 Å². The second-order valence-electron chi connectivity index (χ2n) is 7.97. The Morgan fingerprint density at radius 1 is 1.16 bits per heavy atom. The quantitative estimate of drug-likeness (QED) is 0.495. The number of hydrogen-bond acceptors (Lipinski definition) is 5. The third kappa shape index (κ3) is 5.11. The van der Waals surface area contributed by atoms with E-state index in [0.29, 0.717) is 12.8 Å². The Morgan fingerprint density at radius 2 is 1.87 bits per heavy atom. The van der Waals surface area contributed by atoms with Crippen molar-refractivity contribution in [3.63, 3.8) is 0 Å². The maximum absolute atomic E-state index is 13.3. The Bertz CT molecular complexity index is 1140. The van der Waals surface area contributed by atoms with Crippen LogP contribution >= 0.6 is 0 Å².